The normalized spacial score (nSPS) is 14.4. The molecule has 0 aliphatic heterocycles. The topological polar surface area (TPSA) is 63.6 Å². The zero-order valence-electron chi connectivity index (χ0n) is 19.7. The molecular weight excluding hydrogens is 488 g/mol. The van der Waals surface area contributed by atoms with Crippen LogP contribution in [0.25, 0.3) is 33.4 Å². The molecule has 0 bridgehead atoms. The summed E-state index contributed by atoms with van der Waals surface area (Å²) in [5.41, 5.74) is 3.47. The van der Waals surface area contributed by atoms with Gasteiger partial charge in [0.2, 0.25) is 0 Å². The first-order valence-corrected chi connectivity index (χ1v) is 13.5. The summed E-state index contributed by atoms with van der Waals surface area (Å²) in [6.45, 7) is 0. The van der Waals surface area contributed by atoms with Gasteiger partial charge in [0.15, 0.2) is 11.0 Å². The molecule has 180 valence electrons. The molecule has 2 heterocycles. The van der Waals surface area contributed by atoms with Gasteiger partial charge in [0.25, 0.3) is 5.56 Å². The molecule has 1 aliphatic carbocycles. The molecule has 0 radical (unpaired) electrons. The van der Waals surface area contributed by atoms with E-state index in [9.17, 15) is 4.79 Å². The summed E-state index contributed by atoms with van der Waals surface area (Å²) < 4.78 is 2.26. The van der Waals surface area contributed by atoms with E-state index in [1.54, 1.807) is 6.07 Å². The number of H-pyrrole nitrogens is 1. The number of rotatable bonds is 5. The third kappa shape index (κ3) is 4.36. The summed E-state index contributed by atoms with van der Waals surface area (Å²) in [6, 6.07) is 26.1. The Morgan fingerprint density at radius 3 is 2.28 bits per heavy atom. The largest absolute Gasteiger partial charge is 0.321 e. The summed E-state index contributed by atoms with van der Waals surface area (Å²) in [4.78, 5) is 17.2. The highest BCUT2D eigenvalue weighted by atomic mass is 35.5. The number of aromatic nitrogens is 4. The van der Waals surface area contributed by atoms with Crippen molar-refractivity contribution in [2.24, 2.45) is 0 Å². The van der Waals surface area contributed by atoms with Crippen LogP contribution in [0, 0.1) is 0 Å². The second-order valence-electron chi connectivity index (χ2n) is 9.15. The number of hydrogen-bond donors (Lipinski definition) is 1. The van der Waals surface area contributed by atoms with Crippen LogP contribution in [0.1, 0.15) is 38.1 Å². The molecule has 5 nitrogen and oxygen atoms in total. The lowest BCUT2D eigenvalue weighted by molar-refractivity contribution is 0.339. The zero-order valence-corrected chi connectivity index (χ0v) is 21.2. The van der Waals surface area contributed by atoms with E-state index in [0.717, 1.165) is 51.4 Å². The Labute approximate surface area is 218 Å². The number of nitrogens with one attached hydrogen (secondary N) is 1. The maximum Gasteiger partial charge on any atom is 0.263 e. The van der Waals surface area contributed by atoms with Crippen molar-refractivity contribution in [3.05, 3.63) is 94.2 Å². The number of aromatic amines is 1. The second kappa shape index (κ2) is 9.96. The molecule has 7 heteroatoms. The summed E-state index contributed by atoms with van der Waals surface area (Å²) in [5, 5.41) is 11.5. The molecule has 1 N–H and O–H groups in total. The van der Waals surface area contributed by atoms with Gasteiger partial charge in [0.05, 0.1) is 4.90 Å². The van der Waals surface area contributed by atoms with Crippen molar-refractivity contribution in [3.63, 3.8) is 0 Å². The monoisotopic (exact) mass is 512 g/mol. The molecule has 5 aromatic rings. The van der Waals surface area contributed by atoms with Crippen LogP contribution in [0.2, 0.25) is 5.02 Å². The Bertz CT molecular complexity index is 1570. The van der Waals surface area contributed by atoms with Gasteiger partial charge in [0, 0.05) is 33.1 Å². The average molecular weight is 513 g/mol. The average Bonchev–Trinajstić information content (AvgIpc) is 3.34. The maximum absolute atomic E-state index is 13.5. The standard InChI is InChI=1S/C29H25ClN4OS/c30-21-16-17-24-23(18-21)25(19-10-4-1-5-11-19)26(28(35)31-24)36-29-33-32-27(20-12-6-2-7-13-20)34(29)22-14-8-3-9-15-22/h1-2,4-7,10-13,16-18,22H,3,8-9,14-15H2,(H,31,35). The van der Waals surface area contributed by atoms with E-state index in [4.69, 9.17) is 11.6 Å². The smallest absolute Gasteiger partial charge is 0.263 e. The number of pyridine rings is 1. The van der Waals surface area contributed by atoms with Crippen LogP contribution in [0.15, 0.2) is 93.7 Å². The van der Waals surface area contributed by atoms with Crippen LogP contribution >= 0.6 is 23.4 Å². The molecule has 1 saturated carbocycles. The third-order valence-electron chi connectivity index (χ3n) is 6.82. The van der Waals surface area contributed by atoms with E-state index in [1.807, 2.05) is 60.7 Å². The fourth-order valence-corrected chi connectivity index (χ4v) is 6.37. The molecule has 1 fully saturated rings. The zero-order chi connectivity index (χ0) is 24.5. The first-order chi connectivity index (χ1) is 17.7. The van der Waals surface area contributed by atoms with Gasteiger partial charge in [-0.3, -0.25) is 9.36 Å². The minimum atomic E-state index is -0.145. The first-order valence-electron chi connectivity index (χ1n) is 12.3. The third-order valence-corrected chi connectivity index (χ3v) is 8.11. The van der Waals surface area contributed by atoms with Crippen molar-refractivity contribution in [3.8, 4) is 22.5 Å². The molecule has 0 spiro atoms. The molecule has 0 amide bonds. The highest BCUT2D eigenvalue weighted by Gasteiger charge is 2.26. The Morgan fingerprint density at radius 1 is 0.861 bits per heavy atom. The van der Waals surface area contributed by atoms with Crippen molar-refractivity contribution >= 4 is 34.3 Å². The SMILES string of the molecule is O=c1[nH]c2ccc(Cl)cc2c(-c2ccccc2)c1Sc1nnc(-c2ccccc2)n1C1CCCCC1. The molecule has 0 atom stereocenters. The molecule has 6 rings (SSSR count). The van der Waals surface area contributed by atoms with Crippen molar-refractivity contribution in [2.75, 3.05) is 0 Å². The molecule has 36 heavy (non-hydrogen) atoms. The van der Waals surface area contributed by atoms with Crippen LogP contribution in [-0.4, -0.2) is 19.7 Å². The summed E-state index contributed by atoms with van der Waals surface area (Å²) in [5.74, 6) is 0.853. The lowest BCUT2D eigenvalue weighted by atomic mass is 9.95. The molecular formula is C29H25ClN4OS. The Balaban J connectivity index is 1.55. The minimum absolute atomic E-state index is 0.145. The number of halogens is 1. The number of nitrogens with zero attached hydrogens (tertiary/aromatic N) is 3. The van der Waals surface area contributed by atoms with E-state index in [0.29, 0.717) is 16.0 Å². The highest BCUT2D eigenvalue weighted by molar-refractivity contribution is 7.99. The van der Waals surface area contributed by atoms with Gasteiger partial charge in [0.1, 0.15) is 0 Å². The quantitative estimate of drug-likeness (QED) is 0.261. The molecule has 0 saturated heterocycles. The fraction of sp³-hybridized carbons (Fsp3) is 0.207. The van der Waals surface area contributed by atoms with E-state index in [1.165, 1.54) is 31.0 Å². The van der Waals surface area contributed by atoms with Crippen molar-refractivity contribution in [1.29, 1.82) is 0 Å². The Morgan fingerprint density at radius 2 is 1.56 bits per heavy atom. The summed E-state index contributed by atoms with van der Waals surface area (Å²) in [6.07, 6.45) is 5.80. The minimum Gasteiger partial charge on any atom is -0.321 e. The number of benzene rings is 3. The van der Waals surface area contributed by atoms with Gasteiger partial charge in [-0.25, -0.2) is 0 Å². The predicted octanol–water partition coefficient (Wildman–Crippen LogP) is 7.76. The molecule has 1 aliphatic rings. The van der Waals surface area contributed by atoms with Gasteiger partial charge in [-0.1, -0.05) is 91.5 Å². The maximum atomic E-state index is 13.5. The van der Waals surface area contributed by atoms with Crippen LogP contribution in [0.4, 0.5) is 0 Å². The van der Waals surface area contributed by atoms with Crippen LogP contribution in [0.5, 0.6) is 0 Å². The highest BCUT2D eigenvalue weighted by Crippen LogP contribution is 2.41. The molecule has 2 aromatic heterocycles. The summed E-state index contributed by atoms with van der Waals surface area (Å²) in [7, 11) is 0. The number of fused-ring (bicyclic) bond motifs is 1. The predicted molar refractivity (Wildman–Crippen MR) is 147 cm³/mol. The lowest BCUT2D eigenvalue weighted by Gasteiger charge is -2.25. The Hall–Kier alpha value is -3.35. The molecule has 3 aromatic carbocycles. The van der Waals surface area contributed by atoms with Crippen LogP contribution < -0.4 is 5.56 Å². The summed E-state index contributed by atoms with van der Waals surface area (Å²) >= 11 is 7.80. The van der Waals surface area contributed by atoms with Crippen molar-refractivity contribution in [2.45, 2.75) is 48.2 Å². The van der Waals surface area contributed by atoms with Crippen LogP contribution in [-0.2, 0) is 0 Å². The van der Waals surface area contributed by atoms with Gasteiger partial charge >= 0.3 is 0 Å². The lowest BCUT2D eigenvalue weighted by Crippen LogP contribution is -2.16. The molecule has 0 unspecified atom stereocenters. The van der Waals surface area contributed by atoms with E-state index < -0.39 is 0 Å². The second-order valence-corrected chi connectivity index (χ2v) is 10.6. The van der Waals surface area contributed by atoms with Crippen molar-refractivity contribution in [1.82, 2.24) is 19.7 Å². The fourth-order valence-electron chi connectivity index (χ4n) is 5.13. The van der Waals surface area contributed by atoms with Gasteiger partial charge in [-0.15, -0.1) is 10.2 Å². The van der Waals surface area contributed by atoms with Gasteiger partial charge in [-0.05, 0) is 48.4 Å². The van der Waals surface area contributed by atoms with Crippen LogP contribution in [0.3, 0.4) is 0 Å². The Kier molecular flexibility index (Phi) is 6.38. The van der Waals surface area contributed by atoms with Gasteiger partial charge < -0.3 is 4.98 Å². The van der Waals surface area contributed by atoms with Gasteiger partial charge in [-0.2, -0.15) is 0 Å². The van der Waals surface area contributed by atoms with E-state index in [-0.39, 0.29) is 5.56 Å². The first kappa shape index (κ1) is 23.1. The van der Waals surface area contributed by atoms with E-state index >= 15 is 0 Å². The number of hydrogen-bond acceptors (Lipinski definition) is 4. The van der Waals surface area contributed by atoms with Crippen molar-refractivity contribution < 1.29 is 0 Å². The van der Waals surface area contributed by atoms with E-state index in [2.05, 4.69) is 31.9 Å².